The van der Waals surface area contributed by atoms with Gasteiger partial charge >= 0.3 is 0 Å². The van der Waals surface area contributed by atoms with Crippen LogP contribution in [0, 0.1) is 5.82 Å². The number of hydrogen-bond acceptors (Lipinski definition) is 1. The van der Waals surface area contributed by atoms with Gasteiger partial charge in [-0.25, -0.2) is 4.39 Å². The molecule has 3 heteroatoms. The van der Waals surface area contributed by atoms with Gasteiger partial charge in [0.05, 0.1) is 26.2 Å². The number of halogens is 1. The maximum atomic E-state index is 13.2. The average Bonchev–Trinajstić information content (AvgIpc) is 2.31. The molecule has 0 heterocycles. The van der Waals surface area contributed by atoms with Crippen molar-refractivity contribution in [1.82, 2.24) is 0 Å². The highest BCUT2D eigenvalue weighted by molar-refractivity contribution is 5.23. The molecule has 0 radical (unpaired) electrons. The Hall–Kier alpha value is -1.09. The fourth-order valence-electron chi connectivity index (χ4n) is 1.67. The Balaban J connectivity index is 2.23. The second-order valence-corrected chi connectivity index (χ2v) is 3.84. The summed E-state index contributed by atoms with van der Waals surface area (Å²) in [5, 5.41) is 0. The maximum Gasteiger partial charge on any atom is 0.165 e. The van der Waals surface area contributed by atoms with Gasteiger partial charge in [-0.15, -0.1) is 0 Å². The highest BCUT2D eigenvalue weighted by Crippen LogP contribution is 2.14. The monoisotopic (exact) mass is 226 g/mol. The van der Waals surface area contributed by atoms with Crippen molar-refractivity contribution in [1.29, 1.82) is 0 Å². The number of hydrogen-bond donors (Lipinski definition) is 1. The molecule has 1 N–H and O–H groups in total. The van der Waals surface area contributed by atoms with Crippen LogP contribution in [0.2, 0.25) is 0 Å². The van der Waals surface area contributed by atoms with Crippen LogP contribution in [0.25, 0.3) is 0 Å². The Kier molecular flexibility index (Phi) is 5.86. The van der Waals surface area contributed by atoms with Crippen LogP contribution in [-0.4, -0.2) is 26.2 Å². The lowest BCUT2D eigenvalue weighted by Gasteiger charge is -2.15. The normalized spacial score (nSPS) is 10.8. The maximum absolute atomic E-state index is 13.2. The van der Waals surface area contributed by atoms with Crippen LogP contribution in [0.15, 0.2) is 24.3 Å². The number of rotatable bonds is 7. The van der Waals surface area contributed by atoms with Gasteiger partial charge in [-0.05, 0) is 26.0 Å². The van der Waals surface area contributed by atoms with Crippen molar-refractivity contribution in [3.05, 3.63) is 30.1 Å². The third kappa shape index (κ3) is 4.19. The largest absolute Gasteiger partial charge is 0.490 e. The zero-order valence-corrected chi connectivity index (χ0v) is 10.1. The highest BCUT2D eigenvalue weighted by Gasteiger charge is 2.04. The average molecular weight is 226 g/mol. The van der Waals surface area contributed by atoms with Gasteiger partial charge < -0.3 is 9.64 Å². The van der Waals surface area contributed by atoms with Gasteiger partial charge in [-0.2, -0.15) is 0 Å². The molecule has 0 spiro atoms. The van der Waals surface area contributed by atoms with Crippen molar-refractivity contribution in [3.8, 4) is 5.75 Å². The molecule has 1 aromatic carbocycles. The summed E-state index contributed by atoms with van der Waals surface area (Å²) in [4.78, 5) is 1.55. The summed E-state index contributed by atoms with van der Waals surface area (Å²) in [5.41, 5.74) is 0. The summed E-state index contributed by atoms with van der Waals surface area (Å²) in [5.74, 6) is 0.0785. The van der Waals surface area contributed by atoms with Crippen molar-refractivity contribution >= 4 is 0 Å². The molecule has 0 amide bonds. The Morgan fingerprint density at radius 3 is 2.50 bits per heavy atom. The van der Waals surface area contributed by atoms with Crippen molar-refractivity contribution < 1.29 is 14.0 Å². The lowest BCUT2D eigenvalue weighted by Crippen LogP contribution is -3.11. The molecular weight excluding hydrogens is 205 g/mol. The number of para-hydroxylation sites is 1. The van der Waals surface area contributed by atoms with Gasteiger partial charge in [0.25, 0.3) is 0 Å². The second kappa shape index (κ2) is 7.23. The third-order valence-corrected chi connectivity index (χ3v) is 2.77. The molecule has 0 fully saturated rings. The van der Waals surface area contributed by atoms with Crippen molar-refractivity contribution in [2.75, 3.05) is 26.2 Å². The molecule has 0 aliphatic heterocycles. The summed E-state index contributed by atoms with van der Waals surface area (Å²) >= 11 is 0. The Bertz CT molecular complexity index is 300. The molecule has 0 unspecified atom stereocenters. The quantitative estimate of drug-likeness (QED) is 0.696. The van der Waals surface area contributed by atoms with E-state index in [2.05, 4.69) is 13.8 Å². The SMILES string of the molecule is CC[NH+](CC)CCCOc1ccccc1F. The summed E-state index contributed by atoms with van der Waals surface area (Å²) in [6.07, 6.45) is 0.964. The molecule has 2 nitrogen and oxygen atoms in total. The first-order chi connectivity index (χ1) is 7.77. The smallest absolute Gasteiger partial charge is 0.165 e. The summed E-state index contributed by atoms with van der Waals surface area (Å²) in [7, 11) is 0. The minimum absolute atomic E-state index is 0.280. The Labute approximate surface area is 97.0 Å². The standard InChI is InChI=1S/C13H20FNO/c1-3-15(4-2)10-7-11-16-13-9-6-5-8-12(13)14/h5-6,8-9H,3-4,7,10-11H2,1-2H3/p+1. The molecule has 0 atom stereocenters. The van der Waals surface area contributed by atoms with Crippen LogP contribution in [0.5, 0.6) is 5.75 Å². The van der Waals surface area contributed by atoms with Crippen LogP contribution in [0.3, 0.4) is 0 Å². The summed E-state index contributed by atoms with van der Waals surface area (Å²) in [6, 6.07) is 6.54. The molecular formula is C13H21FNO+. The predicted molar refractivity (Wildman–Crippen MR) is 63.4 cm³/mol. The molecule has 16 heavy (non-hydrogen) atoms. The number of ether oxygens (including phenoxy) is 1. The molecule has 0 saturated heterocycles. The van der Waals surface area contributed by atoms with Crippen LogP contribution >= 0.6 is 0 Å². The Morgan fingerprint density at radius 2 is 1.88 bits per heavy atom. The van der Waals surface area contributed by atoms with E-state index in [9.17, 15) is 4.39 Å². The van der Waals surface area contributed by atoms with Crippen LogP contribution in [0.4, 0.5) is 4.39 Å². The van der Waals surface area contributed by atoms with Gasteiger partial charge in [0.2, 0.25) is 0 Å². The lowest BCUT2D eigenvalue weighted by atomic mass is 10.3. The van der Waals surface area contributed by atoms with Crippen molar-refractivity contribution in [3.63, 3.8) is 0 Å². The van der Waals surface area contributed by atoms with Gasteiger partial charge in [-0.1, -0.05) is 12.1 Å². The van der Waals surface area contributed by atoms with E-state index >= 15 is 0 Å². The molecule has 0 aromatic heterocycles. The number of benzene rings is 1. The second-order valence-electron chi connectivity index (χ2n) is 3.84. The molecule has 1 rings (SSSR count). The molecule has 0 aliphatic carbocycles. The zero-order valence-electron chi connectivity index (χ0n) is 10.1. The van der Waals surface area contributed by atoms with E-state index in [0.29, 0.717) is 12.4 Å². The molecule has 0 saturated carbocycles. The van der Waals surface area contributed by atoms with Crippen LogP contribution in [-0.2, 0) is 0 Å². The highest BCUT2D eigenvalue weighted by atomic mass is 19.1. The first-order valence-corrected chi connectivity index (χ1v) is 5.98. The minimum Gasteiger partial charge on any atom is -0.490 e. The third-order valence-electron chi connectivity index (χ3n) is 2.77. The Morgan fingerprint density at radius 1 is 1.19 bits per heavy atom. The first-order valence-electron chi connectivity index (χ1n) is 5.98. The fourth-order valence-corrected chi connectivity index (χ4v) is 1.67. The van der Waals surface area contributed by atoms with Crippen LogP contribution in [0.1, 0.15) is 20.3 Å². The number of quaternary nitrogens is 1. The summed E-state index contributed by atoms with van der Waals surface area (Å²) in [6.45, 7) is 8.30. The molecule has 0 bridgehead atoms. The van der Waals surface area contributed by atoms with E-state index in [0.717, 1.165) is 26.1 Å². The van der Waals surface area contributed by atoms with Crippen LogP contribution < -0.4 is 9.64 Å². The predicted octanol–water partition coefficient (Wildman–Crippen LogP) is 1.52. The zero-order chi connectivity index (χ0) is 11.8. The lowest BCUT2D eigenvalue weighted by molar-refractivity contribution is -0.896. The minimum atomic E-state index is -0.280. The molecule has 0 aliphatic rings. The van der Waals surface area contributed by atoms with E-state index < -0.39 is 0 Å². The van der Waals surface area contributed by atoms with Gasteiger partial charge in [0, 0.05) is 6.42 Å². The van der Waals surface area contributed by atoms with Gasteiger partial charge in [0.1, 0.15) is 0 Å². The summed E-state index contributed by atoms with van der Waals surface area (Å²) < 4.78 is 18.6. The van der Waals surface area contributed by atoms with E-state index in [-0.39, 0.29) is 5.82 Å². The van der Waals surface area contributed by atoms with E-state index in [4.69, 9.17) is 4.74 Å². The first kappa shape index (κ1) is 13.0. The molecule has 1 aromatic rings. The van der Waals surface area contributed by atoms with Crippen molar-refractivity contribution in [2.45, 2.75) is 20.3 Å². The topological polar surface area (TPSA) is 13.7 Å². The van der Waals surface area contributed by atoms with Crippen molar-refractivity contribution in [2.24, 2.45) is 0 Å². The fraction of sp³-hybridized carbons (Fsp3) is 0.538. The van der Waals surface area contributed by atoms with E-state index in [1.54, 1.807) is 23.1 Å². The van der Waals surface area contributed by atoms with Gasteiger partial charge in [-0.3, -0.25) is 0 Å². The van der Waals surface area contributed by atoms with Gasteiger partial charge in [0.15, 0.2) is 11.6 Å². The number of nitrogens with one attached hydrogen (secondary N) is 1. The van der Waals surface area contributed by atoms with E-state index in [1.165, 1.54) is 6.07 Å². The molecule has 90 valence electrons. The van der Waals surface area contributed by atoms with E-state index in [1.807, 2.05) is 0 Å².